The lowest BCUT2D eigenvalue weighted by molar-refractivity contribution is -0.164. The summed E-state index contributed by atoms with van der Waals surface area (Å²) < 4.78 is 24.7. The van der Waals surface area contributed by atoms with Crippen molar-refractivity contribution in [2.45, 2.75) is 45.1 Å². The SMILES string of the molecule is Cc1ccc2oc(C(=O)CC34CC(NC(=O)COc5ccc(C)c(F)c5)(C3)C4)cc(=O)c2c1. The van der Waals surface area contributed by atoms with E-state index < -0.39 is 0 Å². The second-order valence-corrected chi connectivity index (χ2v) is 9.63. The van der Waals surface area contributed by atoms with Crippen molar-refractivity contribution < 1.29 is 23.1 Å². The summed E-state index contributed by atoms with van der Waals surface area (Å²) in [5.74, 6) is -0.459. The van der Waals surface area contributed by atoms with Crippen LogP contribution in [0.4, 0.5) is 4.39 Å². The average Bonchev–Trinajstić information content (AvgIpc) is 2.72. The van der Waals surface area contributed by atoms with Gasteiger partial charge in [0.25, 0.3) is 5.91 Å². The molecule has 1 N–H and O–H groups in total. The van der Waals surface area contributed by atoms with E-state index in [1.165, 1.54) is 12.1 Å². The number of hydrogen-bond acceptors (Lipinski definition) is 5. The van der Waals surface area contributed by atoms with Gasteiger partial charge in [-0.3, -0.25) is 14.4 Å². The molecule has 3 saturated carbocycles. The zero-order valence-corrected chi connectivity index (χ0v) is 18.5. The Bertz CT molecular complexity index is 1340. The third-order valence-corrected chi connectivity index (χ3v) is 6.75. The fraction of sp³-hybridized carbons (Fsp3) is 0.346. The van der Waals surface area contributed by atoms with Gasteiger partial charge in [0.1, 0.15) is 17.1 Å². The number of aryl methyl sites for hydroxylation is 2. The molecular weight excluding hydrogens is 425 g/mol. The Balaban J connectivity index is 1.15. The van der Waals surface area contributed by atoms with Crippen molar-refractivity contribution in [2.24, 2.45) is 5.41 Å². The summed E-state index contributed by atoms with van der Waals surface area (Å²) >= 11 is 0. The van der Waals surface area contributed by atoms with Crippen molar-refractivity contribution in [3.63, 3.8) is 0 Å². The minimum atomic E-state index is -0.378. The number of fused-ring (bicyclic) bond motifs is 1. The van der Waals surface area contributed by atoms with Crippen LogP contribution in [0, 0.1) is 25.1 Å². The van der Waals surface area contributed by atoms with Crippen molar-refractivity contribution in [3.05, 3.63) is 75.4 Å². The maximum Gasteiger partial charge on any atom is 0.258 e. The lowest BCUT2D eigenvalue weighted by Gasteiger charge is -2.70. The van der Waals surface area contributed by atoms with Gasteiger partial charge < -0.3 is 14.5 Å². The molecule has 0 atom stereocenters. The van der Waals surface area contributed by atoms with Gasteiger partial charge in [-0.25, -0.2) is 4.39 Å². The second-order valence-electron chi connectivity index (χ2n) is 9.63. The van der Waals surface area contributed by atoms with Crippen LogP contribution >= 0.6 is 0 Å². The average molecular weight is 449 g/mol. The molecule has 1 aromatic heterocycles. The highest BCUT2D eigenvalue weighted by Crippen LogP contribution is 2.69. The van der Waals surface area contributed by atoms with E-state index in [9.17, 15) is 18.8 Å². The molecule has 33 heavy (non-hydrogen) atoms. The molecule has 3 aromatic rings. The van der Waals surface area contributed by atoms with Crippen molar-refractivity contribution >= 4 is 22.7 Å². The molecule has 2 aromatic carbocycles. The number of hydrogen-bond donors (Lipinski definition) is 1. The Labute approximate surface area is 189 Å². The molecule has 3 fully saturated rings. The van der Waals surface area contributed by atoms with Crippen molar-refractivity contribution in [1.82, 2.24) is 5.32 Å². The van der Waals surface area contributed by atoms with E-state index >= 15 is 0 Å². The number of rotatable bonds is 7. The number of carbonyl (C=O) groups excluding carboxylic acids is 2. The number of halogens is 1. The monoisotopic (exact) mass is 449 g/mol. The van der Waals surface area contributed by atoms with Gasteiger partial charge in [0, 0.05) is 24.1 Å². The van der Waals surface area contributed by atoms with Crippen LogP contribution in [0.2, 0.25) is 0 Å². The van der Waals surface area contributed by atoms with E-state index in [0.717, 1.165) is 5.56 Å². The minimum Gasteiger partial charge on any atom is -0.484 e. The number of carbonyl (C=O) groups is 2. The highest BCUT2D eigenvalue weighted by Gasteiger charge is 2.68. The number of benzene rings is 2. The molecule has 0 aliphatic heterocycles. The van der Waals surface area contributed by atoms with Crippen molar-refractivity contribution in [1.29, 1.82) is 0 Å². The Kier molecular flexibility index (Phi) is 4.88. The lowest BCUT2D eigenvalue weighted by atomic mass is 9.38. The van der Waals surface area contributed by atoms with Crippen LogP contribution in [0.5, 0.6) is 5.75 Å². The Morgan fingerprint density at radius 3 is 2.58 bits per heavy atom. The van der Waals surface area contributed by atoms with Gasteiger partial charge in [0.05, 0.1) is 5.39 Å². The molecule has 0 radical (unpaired) electrons. The molecular formula is C26H24FNO5. The Hall–Kier alpha value is -3.48. The van der Waals surface area contributed by atoms with E-state index in [2.05, 4.69) is 5.32 Å². The highest BCUT2D eigenvalue weighted by atomic mass is 19.1. The van der Waals surface area contributed by atoms with Crippen molar-refractivity contribution in [3.8, 4) is 5.75 Å². The number of ketones is 1. The number of Topliss-reactive ketones (excluding diaryl/α,β-unsaturated/α-hetero) is 1. The summed E-state index contributed by atoms with van der Waals surface area (Å²) in [7, 11) is 0. The summed E-state index contributed by atoms with van der Waals surface area (Å²) in [6.07, 6.45) is 2.39. The summed E-state index contributed by atoms with van der Waals surface area (Å²) in [6, 6.07) is 11.1. The predicted molar refractivity (Wildman–Crippen MR) is 120 cm³/mol. The minimum absolute atomic E-state index is 0.0814. The van der Waals surface area contributed by atoms with E-state index in [-0.39, 0.29) is 52.7 Å². The van der Waals surface area contributed by atoms with Crippen LogP contribution < -0.4 is 15.5 Å². The highest BCUT2D eigenvalue weighted by molar-refractivity contribution is 5.95. The normalized spacial score (nSPS) is 22.9. The van der Waals surface area contributed by atoms with Crippen LogP contribution in [0.25, 0.3) is 11.0 Å². The zero-order valence-electron chi connectivity index (χ0n) is 18.5. The van der Waals surface area contributed by atoms with Crippen LogP contribution in [-0.2, 0) is 4.79 Å². The molecule has 6 nitrogen and oxygen atoms in total. The fourth-order valence-corrected chi connectivity index (χ4v) is 5.30. The summed E-state index contributed by atoms with van der Waals surface area (Å²) in [5.41, 5.74) is 1.18. The molecule has 3 aliphatic carbocycles. The first-order chi connectivity index (χ1) is 15.7. The second kappa shape index (κ2) is 7.54. The van der Waals surface area contributed by atoms with Gasteiger partial charge in [0.2, 0.25) is 0 Å². The first-order valence-electron chi connectivity index (χ1n) is 10.9. The van der Waals surface area contributed by atoms with Crippen LogP contribution in [0.3, 0.4) is 0 Å². The van der Waals surface area contributed by atoms with Gasteiger partial charge in [-0.1, -0.05) is 17.7 Å². The van der Waals surface area contributed by atoms with Gasteiger partial charge in [-0.2, -0.15) is 0 Å². The van der Waals surface area contributed by atoms with E-state index in [4.69, 9.17) is 9.15 Å². The lowest BCUT2D eigenvalue weighted by Crippen LogP contribution is -2.75. The number of amides is 1. The topological polar surface area (TPSA) is 85.6 Å². The number of nitrogens with one attached hydrogen (secondary N) is 1. The van der Waals surface area contributed by atoms with E-state index in [0.29, 0.717) is 41.5 Å². The third-order valence-electron chi connectivity index (χ3n) is 6.75. The molecule has 0 unspecified atom stereocenters. The quantitative estimate of drug-likeness (QED) is 0.546. The first kappa shape index (κ1) is 21.4. The molecule has 6 rings (SSSR count). The number of ether oxygens (including phenoxy) is 1. The standard InChI is InChI=1S/C26H24FNO5/c1-15-3-6-22-18(7-15)20(29)9-23(33-22)21(30)10-25-12-26(13-25,14-25)28-24(31)11-32-17-5-4-16(2)19(27)8-17/h3-9H,10-14H2,1-2H3,(H,28,31). The smallest absolute Gasteiger partial charge is 0.258 e. The van der Waals surface area contributed by atoms with Crippen LogP contribution in [0.1, 0.15) is 47.4 Å². The van der Waals surface area contributed by atoms with E-state index in [1.807, 2.05) is 13.0 Å². The fourth-order valence-electron chi connectivity index (χ4n) is 5.30. The maximum absolute atomic E-state index is 13.6. The van der Waals surface area contributed by atoms with Gasteiger partial charge in [0.15, 0.2) is 23.6 Å². The summed E-state index contributed by atoms with van der Waals surface area (Å²) in [6.45, 7) is 3.35. The Morgan fingerprint density at radius 2 is 1.85 bits per heavy atom. The van der Waals surface area contributed by atoms with Crippen LogP contribution in [0.15, 0.2) is 51.7 Å². The zero-order chi connectivity index (χ0) is 23.4. The molecule has 170 valence electrons. The van der Waals surface area contributed by atoms with Crippen LogP contribution in [-0.4, -0.2) is 23.8 Å². The van der Waals surface area contributed by atoms with Crippen molar-refractivity contribution in [2.75, 3.05) is 6.61 Å². The molecule has 3 aliphatic rings. The largest absolute Gasteiger partial charge is 0.484 e. The molecule has 1 heterocycles. The molecule has 0 saturated heterocycles. The Morgan fingerprint density at radius 1 is 1.09 bits per heavy atom. The molecule has 0 spiro atoms. The molecule has 7 heteroatoms. The van der Waals surface area contributed by atoms with Gasteiger partial charge in [-0.05, 0) is 62.3 Å². The first-order valence-corrected chi connectivity index (χ1v) is 10.9. The summed E-state index contributed by atoms with van der Waals surface area (Å²) in [5, 5.41) is 3.46. The summed E-state index contributed by atoms with van der Waals surface area (Å²) in [4.78, 5) is 37.5. The third kappa shape index (κ3) is 3.92. The molecule has 1 amide bonds. The molecule has 2 bridgehead atoms. The van der Waals surface area contributed by atoms with Gasteiger partial charge in [-0.15, -0.1) is 0 Å². The van der Waals surface area contributed by atoms with Gasteiger partial charge >= 0.3 is 0 Å². The predicted octanol–water partition coefficient (Wildman–Crippen LogP) is 4.24. The van der Waals surface area contributed by atoms with E-state index in [1.54, 1.807) is 31.2 Å². The maximum atomic E-state index is 13.6.